The average molecular weight is 386 g/mol. The summed E-state index contributed by atoms with van der Waals surface area (Å²) < 4.78 is 16.2. The third-order valence-electron chi connectivity index (χ3n) is 4.40. The molecule has 3 nitrogen and oxygen atoms in total. The molecule has 0 atom stereocenters. The van der Waals surface area contributed by atoms with Crippen molar-refractivity contribution in [1.82, 2.24) is 4.57 Å². The normalized spacial score (nSPS) is 11.3. The number of hydrogen-bond acceptors (Lipinski definition) is 1. The zero-order chi connectivity index (χ0) is 18.4. The van der Waals surface area contributed by atoms with E-state index in [1.54, 1.807) is 36.4 Å². The number of rotatable bonds is 3. The number of carbonyl (C=O) groups is 1. The molecule has 2 N–H and O–H groups in total. The number of fused-ring (bicyclic) bond motifs is 3. The van der Waals surface area contributed by atoms with Gasteiger partial charge in [-0.1, -0.05) is 35.3 Å². The molecule has 0 aliphatic heterocycles. The molecule has 4 rings (SSSR count). The first-order valence-corrected chi connectivity index (χ1v) is 8.58. The van der Waals surface area contributed by atoms with E-state index in [1.165, 1.54) is 6.07 Å². The van der Waals surface area contributed by atoms with Crippen LogP contribution in [0.2, 0.25) is 10.0 Å². The number of hydrogen-bond donors (Lipinski definition) is 1. The summed E-state index contributed by atoms with van der Waals surface area (Å²) in [5.74, 6) is -0.938. The zero-order valence-electron chi connectivity index (χ0n) is 13.4. The van der Waals surface area contributed by atoms with Crippen LogP contribution in [-0.2, 0) is 6.54 Å². The summed E-state index contributed by atoms with van der Waals surface area (Å²) in [4.78, 5) is 11.9. The highest BCUT2D eigenvalue weighted by atomic mass is 35.5. The van der Waals surface area contributed by atoms with Gasteiger partial charge in [0.25, 0.3) is 0 Å². The van der Waals surface area contributed by atoms with Crippen LogP contribution in [0.4, 0.5) is 4.39 Å². The molecular weight excluding hydrogens is 374 g/mol. The summed E-state index contributed by atoms with van der Waals surface area (Å²) in [6.45, 7) is 0.182. The maximum atomic E-state index is 14.3. The molecule has 0 unspecified atom stereocenters. The first-order chi connectivity index (χ1) is 12.5. The number of primary amides is 1. The largest absolute Gasteiger partial charge is 0.366 e. The first-order valence-electron chi connectivity index (χ1n) is 7.82. The lowest BCUT2D eigenvalue weighted by atomic mass is 10.1. The Bertz CT molecular complexity index is 1160. The lowest BCUT2D eigenvalue weighted by Gasteiger charge is -2.10. The number of carbonyl (C=O) groups excluding carboxylic acids is 1. The maximum absolute atomic E-state index is 14.3. The van der Waals surface area contributed by atoms with Crippen LogP contribution in [0.3, 0.4) is 0 Å². The van der Waals surface area contributed by atoms with Crippen LogP contribution in [0.1, 0.15) is 15.9 Å². The van der Waals surface area contributed by atoms with E-state index in [-0.39, 0.29) is 6.54 Å². The van der Waals surface area contributed by atoms with Crippen LogP contribution >= 0.6 is 23.2 Å². The molecule has 6 heteroatoms. The molecule has 0 bridgehead atoms. The van der Waals surface area contributed by atoms with Gasteiger partial charge in [-0.2, -0.15) is 0 Å². The number of nitrogens with zero attached hydrogens (tertiary/aromatic N) is 1. The summed E-state index contributed by atoms with van der Waals surface area (Å²) >= 11 is 12.4. The SMILES string of the molecule is NC(=O)c1cccc2c1c1[c]cc(Cl)cc1n2Cc1c(F)cccc1Cl. The molecule has 1 heterocycles. The summed E-state index contributed by atoms with van der Waals surface area (Å²) in [6.07, 6.45) is 0. The molecular formula is C20H12Cl2FN2O. The number of halogens is 3. The van der Waals surface area contributed by atoms with Crippen molar-refractivity contribution in [1.29, 1.82) is 0 Å². The molecule has 0 saturated heterocycles. The van der Waals surface area contributed by atoms with E-state index in [2.05, 4.69) is 6.07 Å². The molecule has 1 radical (unpaired) electrons. The fourth-order valence-corrected chi connectivity index (χ4v) is 3.63. The van der Waals surface area contributed by atoms with E-state index in [9.17, 15) is 9.18 Å². The minimum atomic E-state index is -0.540. The summed E-state index contributed by atoms with van der Waals surface area (Å²) in [5.41, 5.74) is 7.73. The Morgan fingerprint density at radius 2 is 1.92 bits per heavy atom. The van der Waals surface area contributed by atoms with Gasteiger partial charge in [-0.25, -0.2) is 4.39 Å². The van der Waals surface area contributed by atoms with E-state index in [0.29, 0.717) is 31.9 Å². The highest BCUT2D eigenvalue weighted by molar-refractivity contribution is 6.32. The van der Waals surface area contributed by atoms with Gasteiger partial charge in [-0.3, -0.25) is 4.79 Å². The lowest BCUT2D eigenvalue weighted by Crippen LogP contribution is -2.11. The molecule has 0 aliphatic rings. The van der Waals surface area contributed by atoms with Crippen molar-refractivity contribution in [2.75, 3.05) is 0 Å². The van der Waals surface area contributed by atoms with Crippen molar-refractivity contribution in [3.8, 4) is 0 Å². The second kappa shape index (κ2) is 6.31. The van der Waals surface area contributed by atoms with Crippen LogP contribution < -0.4 is 5.73 Å². The van der Waals surface area contributed by atoms with Gasteiger partial charge in [0.1, 0.15) is 5.82 Å². The smallest absolute Gasteiger partial charge is 0.249 e. The van der Waals surface area contributed by atoms with Crippen molar-refractivity contribution < 1.29 is 9.18 Å². The van der Waals surface area contributed by atoms with E-state index in [1.807, 2.05) is 10.6 Å². The Labute approximate surface area is 158 Å². The highest BCUT2D eigenvalue weighted by Crippen LogP contribution is 2.34. The number of aromatic nitrogens is 1. The second-order valence-corrected chi connectivity index (χ2v) is 6.77. The van der Waals surface area contributed by atoms with Gasteiger partial charge in [0, 0.05) is 31.9 Å². The molecule has 129 valence electrons. The molecule has 26 heavy (non-hydrogen) atoms. The zero-order valence-corrected chi connectivity index (χ0v) is 14.9. The van der Waals surface area contributed by atoms with Gasteiger partial charge >= 0.3 is 0 Å². The van der Waals surface area contributed by atoms with Crippen molar-refractivity contribution in [3.63, 3.8) is 0 Å². The van der Waals surface area contributed by atoms with E-state index in [4.69, 9.17) is 28.9 Å². The first kappa shape index (κ1) is 16.9. The topological polar surface area (TPSA) is 48.0 Å². The van der Waals surface area contributed by atoms with Crippen LogP contribution in [0.15, 0.2) is 48.5 Å². The molecule has 0 saturated carbocycles. The summed E-state index contributed by atoms with van der Waals surface area (Å²) in [6, 6.07) is 16.3. The molecule has 1 amide bonds. The Kier molecular flexibility index (Phi) is 4.10. The van der Waals surface area contributed by atoms with Crippen LogP contribution in [0.25, 0.3) is 21.8 Å². The predicted molar refractivity (Wildman–Crippen MR) is 102 cm³/mol. The lowest BCUT2D eigenvalue weighted by molar-refractivity contribution is 0.100. The Balaban J connectivity index is 2.09. The Hall–Kier alpha value is -2.56. The molecule has 1 aromatic heterocycles. The Morgan fingerprint density at radius 3 is 2.65 bits per heavy atom. The molecule has 3 aromatic carbocycles. The van der Waals surface area contributed by atoms with E-state index < -0.39 is 11.7 Å². The summed E-state index contributed by atoms with van der Waals surface area (Å²) in [7, 11) is 0. The Morgan fingerprint density at radius 1 is 1.15 bits per heavy atom. The van der Waals surface area contributed by atoms with Crippen LogP contribution in [0.5, 0.6) is 0 Å². The third kappa shape index (κ3) is 2.62. The third-order valence-corrected chi connectivity index (χ3v) is 4.97. The van der Waals surface area contributed by atoms with Gasteiger partial charge < -0.3 is 10.3 Å². The molecule has 0 fully saturated rings. The fourth-order valence-electron chi connectivity index (χ4n) is 3.25. The van der Waals surface area contributed by atoms with Gasteiger partial charge in [0.2, 0.25) is 5.91 Å². The monoisotopic (exact) mass is 385 g/mol. The van der Waals surface area contributed by atoms with Crippen molar-refractivity contribution in [3.05, 3.63) is 81.6 Å². The molecule has 0 aliphatic carbocycles. The highest BCUT2D eigenvalue weighted by Gasteiger charge is 2.18. The fraction of sp³-hybridized carbons (Fsp3) is 0.0500. The van der Waals surface area contributed by atoms with Crippen molar-refractivity contribution in [2.45, 2.75) is 6.54 Å². The maximum Gasteiger partial charge on any atom is 0.249 e. The van der Waals surface area contributed by atoms with Crippen LogP contribution in [0, 0.1) is 11.9 Å². The summed E-state index contributed by atoms with van der Waals surface area (Å²) in [5, 5.41) is 2.18. The number of nitrogens with two attached hydrogens (primary N) is 1. The van der Waals surface area contributed by atoms with Crippen LogP contribution in [-0.4, -0.2) is 10.5 Å². The number of amides is 1. The van der Waals surface area contributed by atoms with E-state index >= 15 is 0 Å². The molecule has 4 aromatic rings. The quantitative estimate of drug-likeness (QED) is 0.518. The van der Waals surface area contributed by atoms with E-state index in [0.717, 1.165) is 11.0 Å². The minimum Gasteiger partial charge on any atom is -0.366 e. The molecule has 0 spiro atoms. The van der Waals surface area contributed by atoms with Gasteiger partial charge in [0.05, 0.1) is 17.6 Å². The van der Waals surface area contributed by atoms with Gasteiger partial charge in [0.15, 0.2) is 0 Å². The van der Waals surface area contributed by atoms with Crippen molar-refractivity contribution >= 4 is 50.9 Å². The van der Waals surface area contributed by atoms with Gasteiger partial charge in [-0.05, 0) is 42.5 Å². The average Bonchev–Trinajstić information content (AvgIpc) is 2.91. The second-order valence-electron chi connectivity index (χ2n) is 5.93. The predicted octanol–water partition coefficient (Wildman–Crippen LogP) is 5.19. The van der Waals surface area contributed by atoms with Gasteiger partial charge in [-0.15, -0.1) is 0 Å². The standard InChI is InChI=1S/C20H12Cl2FN2O/c21-11-7-8-12-18(9-11)25(10-14-15(22)4-2-5-16(14)23)17-6-1-3-13(19(12)17)20(24)26/h1-7,9H,10H2,(H2,24,26). The number of benzene rings is 3. The minimum absolute atomic E-state index is 0.182. The van der Waals surface area contributed by atoms with Crippen molar-refractivity contribution in [2.24, 2.45) is 5.73 Å².